The van der Waals surface area contributed by atoms with E-state index in [2.05, 4.69) is 4.74 Å². The van der Waals surface area contributed by atoms with Crippen LogP contribution in [0.2, 0.25) is 0 Å². The third kappa shape index (κ3) is 3.21. The smallest absolute Gasteiger partial charge is 0.387 e. The molecule has 0 spiro atoms. The number of rotatable bonds is 4. The SMILES string of the molecule is COc1cc(C#N)c(OC(F)F)cc1S(=O)(=O)Cl. The minimum Gasteiger partial charge on any atom is -0.495 e. The van der Waals surface area contributed by atoms with Crippen molar-refractivity contribution in [3.05, 3.63) is 17.7 Å². The van der Waals surface area contributed by atoms with Crippen molar-refractivity contribution >= 4 is 19.7 Å². The first-order chi connectivity index (χ1) is 8.29. The molecular weight excluding hydrogens is 292 g/mol. The standard InChI is InChI=1S/C9H6ClF2NO4S/c1-16-7-2-5(4-13)6(17-9(11)12)3-8(7)18(10,14)15/h2-3,9H,1H3. The maximum Gasteiger partial charge on any atom is 0.387 e. The van der Waals surface area contributed by atoms with E-state index in [4.69, 9.17) is 20.7 Å². The quantitative estimate of drug-likeness (QED) is 0.795. The van der Waals surface area contributed by atoms with Gasteiger partial charge in [0.05, 0.1) is 12.7 Å². The van der Waals surface area contributed by atoms with Crippen LogP contribution in [0.3, 0.4) is 0 Å². The van der Waals surface area contributed by atoms with Crippen LogP contribution in [0.25, 0.3) is 0 Å². The van der Waals surface area contributed by atoms with Crippen LogP contribution in [0.15, 0.2) is 17.0 Å². The van der Waals surface area contributed by atoms with E-state index in [9.17, 15) is 17.2 Å². The zero-order chi connectivity index (χ0) is 13.9. The molecule has 98 valence electrons. The lowest BCUT2D eigenvalue weighted by Crippen LogP contribution is -2.06. The largest absolute Gasteiger partial charge is 0.495 e. The van der Waals surface area contributed by atoms with Crippen LogP contribution in [-0.2, 0) is 9.05 Å². The molecule has 0 aliphatic heterocycles. The highest BCUT2D eigenvalue weighted by Gasteiger charge is 2.22. The monoisotopic (exact) mass is 297 g/mol. The molecule has 1 rings (SSSR count). The van der Waals surface area contributed by atoms with Gasteiger partial charge in [-0.15, -0.1) is 0 Å². The molecule has 0 N–H and O–H groups in total. The second-order valence-corrected chi connectivity index (χ2v) is 5.46. The van der Waals surface area contributed by atoms with Crippen LogP contribution in [0.4, 0.5) is 8.78 Å². The fourth-order valence-corrected chi connectivity index (χ4v) is 2.16. The van der Waals surface area contributed by atoms with Crippen molar-refractivity contribution in [2.45, 2.75) is 11.5 Å². The number of methoxy groups -OCH3 is 1. The first-order valence-electron chi connectivity index (χ1n) is 4.31. The number of alkyl halides is 2. The summed E-state index contributed by atoms with van der Waals surface area (Å²) in [5.74, 6) is -0.823. The molecule has 0 bridgehead atoms. The van der Waals surface area contributed by atoms with E-state index in [1.165, 1.54) is 0 Å². The Morgan fingerprint density at radius 3 is 2.39 bits per heavy atom. The van der Waals surface area contributed by atoms with E-state index in [-0.39, 0.29) is 11.3 Å². The summed E-state index contributed by atoms with van der Waals surface area (Å²) in [5.41, 5.74) is -0.295. The normalized spacial score (nSPS) is 11.1. The van der Waals surface area contributed by atoms with Gasteiger partial charge in [0.2, 0.25) is 0 Å². The van der Waals surface area contributed by atoms with E-state index in [0.717, 1.165) is 13.2 Å². The predicted octanol–water partition coefficient (Wildman–Crippen LogP) is 2.10. The van der Waals surface area contributed by atoms with Crippen molar-refractivity contribution in [1.29, 1.82) is 5.26 Å². The van der Waals surface area contributed by atoms with E-state index >= 15 is 0 Å². The van der Waals surface area contributed by atoms with Gasteiger partial charge in [0.1, 0.15) is 22.5 Å². The van der Waals surface area contributed by atoms with Crippen LogP contribution in [-0.4, -0.2) is 22.1 Å². The van der Waals surface area contributed by atoms with Crippen LogP contribution in [0.5, 0.6) is 11.5 Å². The van der Waals surface area contributed by atoms with Crippen LogP contribution in [0.1, 0.15) is 5.56 Å². The van der Waals surface area contributed by atoms with Crippen LogP contribution >= 0.6 is 10.7 Å². The van der Waals surface area contributed by atoms with Crippen molar-refractivity contribution in [3.63, 3.8) is 0 Å². The minimum absolute atomic E-state index is 0.233. The van der Waals surface area contributed by atoms with E-state index < -0.39 is 26.3 Å². The topological polar surface area (TPSA) is 76.4 Å². The number of ether oxygens (including phenoxy) is 2. The maximum absolute atomic E-state index is 12.1. The van der Waals surface area contributed by atoms with Gasteiger partial charge in [-0.05, 0) is 0 Å². The van der Waals surface area contributed by atoms with Crippen molar-refractivity contribution in [3.8, 4) is 17.6 Å². The van der Waals surface area contributed by atoms with Crippen molar-refractivity contribution in [2.75, 3.05) is 7.11 Å². The first kappa shape index (κ1) is 14.5. The summed E-state index contributed by atoms with van der Waals surface area (Å²) in [4.78, 5) is -0.554. The molecule has 0 fully saturated rings. The summed E-state index contributed by atoms with van der Waals surface area (Å²) in [6, 6.07) is 3.24. The van der Waals surface area contributed by atoms with E-state index in [1.807, 2.05) is 0 Å². The average molecular weight is 298 g/mol. The lowest BCUT2D eigenvalue weighted by Gasteiger charge is -2.11. The molecule has 0 radical (unpaired) electrons. The molecule has 0 amide bonds. The molecule has 5 nitrogen and oxygen atoms in total. The van der Waals surface area contributed by atoms with E-state index in [1.54, 1.807) is 6.07 Å². The number of halogens is 3. The summed E-state index contributed by atoms with van der Waals surface area (Å²) in [7, 11) is 2.05. The molecule has 0 saturated heterocycles. The Hall–Kier alpha value is -1.59. The molecule has 0 aromatic heterocycles. The van der Waals surface area contributed by atoms with Gasteiger partial charge in [-0.2, -0.15) is 14.0 Å². The minimum atomic E-state index is -4.22. The second kappa shape index (κ2) is 5.37. The van der Waals surface area contributed by atoms with Crippen LogP contribution in [0, 0.1) is 11.3 Å². The maximum atomic E-state index is 12.1. The average Bonchev–Trinajstić information content (AvgIpc) is 2.26. The molecule has 0 unspecified atom stereocenters. The molecule has 0 aliphatic rings. The molecule has 9 heteroatoms. The Kier molecular flexibility index (Phi) is 4.32. The lowest BCUT2D eigenvalue weighted by molar-refractivity contribution is -0.0502. The summed E-state index contributed by atoms with van der Waals surface area (Å²) < 4.78 is 55.4. The molecule has 0 saturated carbocycles. The number of hydrogen-bond donors (Lipinski definition) is 0. The Morgan fingerprint density at radius 2 is 2.00 bits per heavy atom. The molecule has 0 aliphatic carbocycles. The van der Waals surface area contributed by atoms with Gasteiger partial charge >= 0.3 is 6.61 Å². The summed E-state index contributed by atoms with van der Waals surface area (Å²) in [6.45, 7) is -3.20. The zero-order valence-electron chi connectivity index (χ0n) is 8.85. The molecule has 0 atom stereocenters. The van der Waals surface area contributed by atoms with Gasteiger partial charge in [-0.3, -0.25) is 0 Å². The molecule has 1 aromatic rings. The van der Waals surface area contributed by atoms with Gasteiger partial charge in [-0.1, -0.05) is 0 Å². The molecule has 1 aromatic carbocycles. The predicted molar refractivity (Wildman–Crippen MR) is 57.4 cm³/mol. The van der Waals surface area contributed by atoms with Gasteiger partial charge in [0.25, 0.3) is 9.05 Å². The van der Waals surface area contributed by atoms with Gasteiger partial charge in [-0.25, -0.2) is 8.42 Å². The van der Waals surface area contributed by atoms with Gasteiger partial charge < -0.3 is 9.47 Å². The number of hydrogen-bond acceptors (Lipinski definition) is 5. The lowest BCUT2D eigenvalue weighted by atomic mass is 10.2. The second-order valence-electron chi connectivity index (χ2n) is 2.93. The Labute approximate surface area is 106 Å². The first-order valence-corrected chi connectivity index (χ1v) is 6.62. The third-order valence-corrected chi connectivity index (χ3v) is 3.21. The zero-order valence-corrected chi connectivity index (χ0v) is 10.4. The Balaban J connectivity index is 3.50. The summed E-state index contributed by atoms with van der Waals surface area (Å²) >= 11 is 0. The highest BCUT2D eigenvalue weighted by molar-refractivity contribution is 8.13. The molecule has 18 heavy (non-hydrogen) atoms. The Morgan fingerprint density at radius 1 is 1.39 bits per heavy atom. The summed E-state index contributed by atoms with van der Waals surface area (Å²) in [6.07, 6.45) is 0. The van der Waals surface area contributed by atoms with Crippen molar-refractivity contribution < 1.29 is 26.7 Å². The molecular formula is C9H6ClF2NO4S. The molecule has 0 heterocycles. The number of benzene rings is 1. The third-order valence-electron chi connectivity index (χ3n) is 1.87. The highest BCUT2D eigenvalue weighted by Crippen LogP contribution is 2.34. The van der Waals surface area contributed by atoms with Crippen LogP contribution < -0.4 is 9.47 Å². The number of nitrogens with zero attached hydrogens (tertiary/aromatic N) is 1. The summed E-state index contributed by atoms with van der Waals surface area (Å²) in [5, 5.41) is 8.73. The number of nitriles is 1. The van der Waals surface area contributed by atoms with E-state index in [0.29, 0.717) is 6.07 Å². The fourth-order valence-electron chi connectivity index (χ4n) is 1.17. The Bertz CT molecular complexity index is 597. The highest BCUT2D eigenvalue weighted by atomic mass is 35.7. The fraction of sp³-hybridized carbons (Fsp3) is 0.222. The van der Waals surface area contributed by atoms with Crippen molar-refractivity contribution in [2.24, 2.45) is 0 Å². The van der Waals surface area contributed by atoms with Crippen molar-refractivity contribution in [1.82, 2.24) is 0 Å². The van der Waals surface area contributed by atoms with Gasteiger partial charge in [0.15, 0.2) is 0 Å². The van der Waals surface area contributed by atoms with Gasteiger partial charge in [0, 0.05) is 22.8 Å².